The summed E-state index contributed by atoms with van der Waals surface area (Å²) in [4.78, 5) is 4.51. The van der Waals surface area contributed by atoms with Crippen molar-refractivity contribution in [2.75, 3.05) is 6.26 Å². The van der Waals surface area contributed by atoms with E-state index in [1.165, 1.54) is 12.6 Å². The molecule has 0 bridgehead atoms. The van der Waals surface area contributed by atoms with E-state index in [1.54, 1.807) is 18.2 Å². The first-order valence-electron chi connectivity index (χ1n) is 6.84. The first kappa shape index (κ1) is 15.7. The molecule has 0 amide bonds. The Hall–Kier alpha value is -1.73. The van der Waals surface area contributed by atoms with E-state index in [4.69, 9.17) is 5.73 Å². The first-order chi connectivity index (χ1) is 9.91. The molecule has 6 nitrogen and oxygen atoms in total. The van der Waals surface area contributed by atoms with E-state index >= 15 is 0 Å². The summed E-state index contributed by atoms with van der Waals surface area (Å²) in [6, 6.07) is 6.43. The number of sulfone groups is 1. The fourth-order valence-corrected chi connectivity index (χ4v) is 2.81. The molecule has 0 radical (unpaired) electrons. The van der Waals surface area contributed by atoms with Gasteiger partial charge in [0.15, 0.2) is 9.84 Å². The minimum Gasteiger partial charge on any atom is -0.324 e. The van der Waals surface area contributed by atoms with Gasteiger partial charge in [-0.3, -0.25) is 4.68 Å². The number of nitrogens with zero attached hydrogens (tertiary/aromatic N) is 3. The Kier molecular flexibility index (Phi) is 4.74. The average molecular weight is 308 g/mol. The van der Waals surface area contributed by atoms with E-state index in [9.17, 15) is 8.42 Å². The molecular weight excluding hydrogens is 288 g/mol. The van der Waals surface area contributed by atoms with Crippen molar-refractivity contribution >= 4 is 9.84 Å². The fourth-order valence-electron chi connectivity index (χ4n) is 2.14. The predicted molar refractivity (Wildman–Crippen MR) is 80.5 cm³/mol. The Balaban J connectivity index is 2.20. The van der Waals surface area contributed by atoms with E-state index in [0.29, 0.717) is 6.42 Å². The summed E-state index contributed by atoms with van der Waals surface area (Å²) < 4.78 is 25.0. The lowest BCUT2D eigenvalue weighted by Gasteiger charge is -2.13. The van der Waals surface area contributed by atoms with Gasteiger partial charge in [0.2, 0.25) is 0 Å². The van der Waals surface area contributed by atoms with Gasteiger partial charge in [0.05, 0.1) is 4.90 Å². The summed E-state index contributed by atoms with van der Waals surface area (Å²) in [5.41, 5.74) is 6.97. The van der Waals surface area contributed by atoms with Gasteiger partial charge < -0.3 is 5.73 Å². The Labute approximate surface area is 124 Å². The minimum absolute atomic E-state index is 0.283. The number of aryl methyl sites for hydroxylation is 1. The van der Waals surface area contributed by atoms with Crippen LogP contribution in [0.1, 0.15) is 30.8 Å². The van der Waals surface area contributed by atoms with Crippen LogP contribution in [0.25, 0.3) is 0 Å². The molecule has 1 unspecified atom stereocenters. The zero-order valence-corrected chi connectivity index (χ0v) is 13.0. The summed E-state index contributed by atoms with van der Waals surface area (Å²) in [5, 5.41) is 4.16. The van der Waals surface area contributed by atoms with Gasteiger partial charge in [0.25, 0.3) is 0 Å². The van der Waals surface area contributed by atoms with E-state index in [-0.39, 0.29) is 10.9 Å². The van der Waals surface area contributed by atoms with Crippen LogP contribution in [0.4, 0.5) is 0 Å². The molecule has 1 aromatic carbocycles. The molecule has 2 rings (SSSR count). The average Bonchev–Trinajstić information content (AvgIpc) is 2.86. The Morgan fingerprint density at radius 3 is 2.81 bits per heavy atom. The molecule has 0 aliphatic carbocycles. The minimum atomic E-state index is -3.23. The van der Waals surface area contributed by atoms with Crippen molar-refractivity contribution in [1.82, 2.24) is 14.8 Å². The van der Waals surface area contributed by atoms with Crippen LogP contribution in [-0.2, 0) is 22.8 Å². The maximum atomic E-state index is 11.6. The normalized spacial score (nSPS) is 13.3. The van der Waals surface area contributed by atoms with Gasteiger partial charge in [0.1, 0.15) is 12.2 Å². The zero-order chi connectivity index (χ0) is 15.5. The zero-order valence-electron chi connectivity index (χ0n) is 12.2. The molecule has 2 aromatic rings. The molecule has 1 aromatic heterocycles. The number of nitrogens with two attached hydrogens (primary N) is 1. The fraction of sp³-hybridized carbons (Fsp3) is 0.429. The van der Waals surface area contributed by atoms with Crippen molar-refractivity contribution in [2.45, 2.75) is 37.2 Å². The highest BCUT2D eigenvalue weighted by Gasteiger charge is 2.14. The number of aromatic nitrogens is 3. The quantitative estimate of drug-likeness (QED) is 0.869. The van der Waals surface area contributed by atoms with Gasteiger partial charge in [-0.15, -0.1) is 0 Å². The van der Waals surface area contributed by atoms with Gasteiger partial charge in [0, 0.05) is 25.3 Å². The Morgan fingerprint density at radius 2 is 2.14 bits per heavy atom. The van der Waals surface area contributed by atoms with Crippen molar-refractivity contribution < 1.29 is 8.42 Å². The number of hydrogen-bond donors (Lipinski definition) is 1. The van der Waals surface area contributed by atoms with Crippen LogP contribution in [0.2, 0.25) is 0 Å². The molecule has 0 aliphatic rings. The molecule has 0 saturated carbocycles. The lowest BCUT2D eigenvalue weighted by molar-refractivity contribution is 0.547. The van der Waals surface area contributed by atoms with Crippen molar-refractivity contribution in [1.29, 1.82) is 0 Å². The topological polar surface area (TPSA) is 90.9 Å². The molecule has 0 fully saturated rings. The van der Waals surface area contributed by atoms with Gasteiger partial charge in [-0.1, -0.05) is 19.1 Å². The van der Waals surface area contributed by atoms with E-state index in [2.05, 4.69) is 17.0 Å². The third-order valence-electron chi connectivity index (χ3n) is 3.25. The van der Waals surface area contributed by atoms with Crippen molar-refractivity contribution in [3.63, 3.8) is 0 Å². The lowest BCUT2D eigenvalue weighted by atomic mass is 10.0. The number of benzene rings is 1. The van der Waals surface area contributed by atoms with E-state index in [0.717, 1.165) is 24.4 Å². The highest BCUT2D eigenvalue weighted by atomic mass is 32.2. The lowest BCUT2D eigenvalue weighted by Crippen LogP contribution is -2.17. The van der Waals surface area contributed by atoms with Crippen molar-refractivity contribution in [2.24, 2.45) is 5.73 Å². The van der Waals surface area contributed by atoms with E-state index in [1.807, 2.05) is 10.7 Å². The molecule has 7 heteroatoms. The summed E-state index contributed by atoms with van der Waals surface area (Å²) in [7, 11) is -3.23. The number of hydrogen-bond acceptors (Lipinski definition) is 5. The molecule has 21 heavy (non-hydrogen) atoms. The highest BCUT2D eigenvalue weighted by molar-refractivity contribution is 7.90. The predicted octanol–water partition coefficient (Wildman–Crippen LogP) is 1.33. The van der Waals surface area contributed by atoms with Gasteiger partial charge in [-0.2, -0.15) is 5.10 Å². The summed E-state index contributed by atoms with van der Waals surface area (Å²) in [6.07, 6.45) is 4.20. The second-order valence-electron chi connectivity index (χ2n) is 5.05. The monoisotopic (exact) mass is 308 g/mol. The van der Waals surface area contributed by atoms with Crippen LogP contribution in [0.3, 0.4) is 0 Å². The maximum Gasteiger partial charge on any atom is 0.175 e. The second kappa shape index (κ2) is 6.36. The third-order valence-corrected chi connectivity index (χ3v) is 4.36. The standard InChI is InChI=1S/C14H20N4O2S/c1-3-7-18-14(16-10-17-18)9-13(15)11-5-4-6-12(8-11)21(2,19)20/h4-6,8,10,13H,3,7,9,15H2,1-2H3. The second-order valence-corrected chi connectivity index (χ2v) is 7.07. The van der Waals surface area contributed by atoms with E-state index < -0.39 is 9.84 Å². The summed E-state index contributed by atoms with van der Waals surface area (Å²) in [6.45, 7) is 2.87. The maximum absolute atomic E-state index is 11.6. The highest BCUT2D eigenvalue weighted by Crippen LogP contribution is 2.19. The molecule has 1 atom stereocenters. The Morgan fingerprint density at radius 1 is 1.38 bits per heavy atom. The molecule has 0 spiro atoms. The molecule has 0 saturated heterocycles. The number of rotatable bonds is 6. The first-order valence-corrected chi connectivity index (χ1v) is 8.73. The van der Waals surface area contributed by atoms with Crippen LogP contribution in [-0.4, -0.2) is 29.4 Å². The van der Waals surface area contributed by atoms with Gasteiger partial charge in [-0.05, 0) is 24.1 Å². The SMILES string of the molecule is CCCn1ncnc1CC(N)c1cccc(S(C)(=O)=O)c1. The van der Waals surface area contributed by atoms with Crippen LogP contribution >= 0.6 is 0 Å². The van der Waals surface area contributed by atoms with Crippen LogP contribution < -0.4 is 5.73 Å². The third kappa shape index (κ3) is 3.89. The summed E-state index contributed by atoms with van der Waals surface area (Å²) in [5.74, 6) is 0.814. The van der Waals surface area contributed by atoms with Crippen molar-refractivity contribution in [3.05, 3.63) is 42.0 Å². The molecule has 114 valence electrons. The smallest absolute Gasteiger partial charge is 0.175 e. The van der Waals surface area contributed by atoms with Crippen LogP contribution in [0.5, 0.6) is 0 Å². The van der Waals surface area contributed by atoms with Gasteiger partial charge >= 0.3 is 0 Å². The molecular formula is C14H20N4O2S. The summed E-state index contributed by atoms with van der Waals surface area (Å²) >= 11 is 0. The Bertz CT molecular complexity index is 709. The van der Waals surface area contributed by atoms with Crippen LogP contribution in [0.15, 0.2) is 35.5 Å². The molecule has 0 aliphatic heterocycles. The largest absolute Gasteiger partial charge is 0.324 e. The molecule has 1 heterocycles. The van der Waals surface area contributed by atoms with Gasteiger partial charge in [-0.25, -0.2) is 13.4 Å². The van der Waals surface area contributed by atoms with Crippen LogP contribution in [0, 0.1) is 0 Å². The molecule has 2 N–H and O–H groups in total. The van der Waals surface area contributed by atoms with Crippen molar-refractivity contribution in [3.8, 4) is 0 Å².